The lowest BCUT2D eigenvalue weighted by molar-refractivity contribution is -0.118. The lowest BCUT2D eigenvalue weighted by Gasteiger charge is -2.09. The van der Waals surface area contributed by atoms with Gasteiger partial charge in [-0.1, -0.05) is 29.3 Å². The van der Waals surface area contributed by atoms with Crippen molar-refractivity contribution in [3.8, 4) is 5.75 Å². The largest absolute Gasteiger partial charge is 0.484 e. The van der Waals surface area contributed by atoms with Crippen LogP contribution in [-0.4, -0.2) is 12.5 Å². The van der Waals surface area contributed by atoms with Crippen LogP contribution in [0.5, 0.6) is 5.75 Å². The third kappa shape index (κ3) is 4.05. The molecule has 0 radical (unpaired) electrons. The summed E-state index contributed by atoms with van der Waals surface area (Å²) in [6, 6.07) is 11.7. The Kier molecular flexibility index (Phi) is 4.71. The van der Waals surface area contributed by atoms with E-state index in [1.165, 1.54) is 0 Å². The molecule has 0 heterocycles. The number of nitrogen functional groups attached to an aromatic ring is 1. The molecular weight excluding hydrogens is 299 g/mol. The number of amides is 1. The second kappa shape index (κ2) is 6.50. The van der Waals surface area contributed by atoms with E-state index in [0.29, 0.717) is 27.2 Å². The molecule has 0 aromatic heterocycles. The van der Waals surface area contributed by atoms with Crippen molar-refractivity contribution in [2.24, 2.45) is 0 Å². The van der Waals surface area contributed by atoms with Crippen molar-refractivity contribution in [1.82, 2.24) is 0 Å². The molecule has 0 bridgehead atoms. The van der Waals surface area contributed by atoms with Gasteiger partial charge in [-0.2, -0.15) is 0 Å². The Hall–Kier alpha value is -1.91. The molecule has 2 rings (SSSR count). The molecule has 0 aliphatic carbocycles. The number of carbonyl (C=O) groups excluding carboxylic acids is 1. The van der Waals surface area contributed by atoms with Gasteiger partial charge >= 0.3 is 0 Å². The summed E-state index contributed by atoms with van der Waals surface area (Å²) in [5, 5.41) is 3.52. The Morgan fingerprint density at radius 1 is 1.20 bits per heavy atom. The number of nitrogens with one attached hydrogen (secondary N) is 1. The zero-order valence-corrected chi connectivity index (χ0v) is 11.9. The number of hydrogen-bond acceptors (Lipinski definition) is 3. The lowest BCUT2D eigenvalue weighted by Crippen LogP contribution is -2.20. The summed E-state index contributed by atoms with van der Waals surface area (Å²) in [6.07, 6.45) is 0. The molecule has 6 heteroatoms. The summed E-state index contributed by atoms with van der Waals surface area (Å²) in [5.74, 6) is 0.189. The van der Waals surface area contributed by atoms with E-state index in [1.54, 1.807) is 42.5 Å². The van der Waals surface area contributed by atoms with Crippen molar-refractivity contribution < 1.29 is 9.53 Å². The minimum atomic E-state index is -0.336. The molecule has 0 aliphatic heterocycles. The van der Waals surface area contributed by atoms with Crippen LogP contribution in [0.4, 0.5) is 11.4 Å². The first-order valence-corrected chi connectivity index (χ1v) is 6.53. The first-order valence-electron chi connectivity index (χ1n) is 5.78. The van der Waals surface area contributed by atoms with Crippen LogP contribution in [0.1, 0.15) is 0 Å². The van der Waals surface area contributed by atoms with E-state index < -0.39 is 0 Å². The second-order valence-electron chi connectivity index (χ2n) is 4.03. The maximum Gasteiger partial charge on any atom is 0.262 e. The Morgan fingerprint density at radius 2 is 2.00 bits per heavy atom. The van der Waals surface area contributed by atoms with E-state index in [2.05, 4.69) is 5.32 Å². The standard InChI is InChI=1S/C14H12Cl2N2O2/c15-9-4-5-12(16)13(6-9)18-14(19)8-20-11-3-1-2-10(17)7-11/h1-7H,8,17H2,(H,18,19). The fraction of sp³-hybridized carbons (Fsp3) is 0.0714. The Balaban J connectivity index is 1.94. The minimum Gasteiger partial charge on any atom is -0.484 e. The highest BCUT2D eigenvalue weighted by molar-refractivity contribution is 6.35. The maximum atomic E-state index is 11.8. The molecule has 3 N–H and O–H groups in total. The number of carbonyl (C=O) groups is 1. The summed E-state index contributed by atoms with van der Waals surface area (Å²) in [6.45, 7) is -0.147. The van der Waals surface area contributed by atoms with Gasteiger partial charge in [-0.05, 0) is 30.3 Å². The van der Waals surface area contributed by atoms with Gasteiger partial charge in [0.05, 0.1) is 10.7 Å². The quantitative estimate of drug-likeness (QED) is 0.848. The fourth-order valence-corrected chi connectivity index (χ4v) is 1.87. The van der Waals surface area contributed by atoms with Gasteiger partial charge in [0.15, 0.2) is 6.61 Å². The number of ether oxygens (including phenoxy) is 1. The zero-order valence-electron chi connectivity index (χ0n) is 10.4. The van der Waals surface area contributed by atoms with Crippen LogP contribution >= 0.6 is 23.2 Å². The van der Waals surface area contributed by atoms with Crippen molar-refractivity contribution in [3.05, 3.63) is 52.5 Å². The van der Waals surface area contributed by atoms with Crippen LogP contribution in [-0.2, 0) is 4.79 Å². The molecule has 20 heavy (non-hydrogen) atoms. The van der Waals surface area contributed by atoms with Gasteiger partial charge in [-0.3, -0.25) is 4.79 Å². The van der Waals surface area contributed by atoms with Gasteiger partial charge in [-0.25, -0.2) is 0 Å². The molecular formula is C14H12Cl2N2O2. The van der Waals surface area contributed by atoms with Gasteiger partial charge in [0, 0.05) is 16.8 Å². The number of halogens is 2. The summed E-state index contributed by atoms with van der Waals surface area (Å²) in [4.78, 5) is 11.8. The van der Waals surface area contributed by atoms with Crippen molar-refractivity contribution in [1.29, 1.82) is 0 Å². The molecule has 1 amide bonds. The van der Waals surface area contributed by atoms with Gasteiger partial charge in [-0.15, -0.1) is 0 Å². The second-order valence-corrected chi connectivity index (χ2v) is 4.88. The normalized spacial score (nSPS) is 10.1. The first kappa shape index (κ1) is 14.5. The SMILES string of the molecule is Nc1cccc(OCC(=O)Nc2cc(Cl)ccc2Cl)c1. The van der Waals surface area contributed by atoms with Gasteiger partial charge < -0.3 is 15.8 Å². The lowest BCUT2D eigenvalue weighted by atomic mass is 10.3. The number of rotatable bonds is 4. The maximum absolute atomic E-state index is 11.8. The molecule has 0 saturated heterocycles. The van der Waals surface area contributed by atoms with Gasteiger partial charge in [0.25, 0.3) is 5.91 Å². The highest BCUT2D eigenvalue weighted by Gasteiger charge is 2.07. The van der Waals surface area contributed by atoms with Crippen LogP contribution in [0.15, 0.2) is 42.5 Å². The average molecular weight is 311 g/mol. The van der Waals surface area contributed by atoms with Crippen molar-refractivity contribution >= 4 is 40.5 Å². The number of hydrogen-bond donors (Lipinski definition) is 2. The Labute approximate surface area is 126 Å². The number of nitrogens with two attached hydrogens (primary N) is 1. The summed E-state index contributed by atoms with van der Waals surface area (Å²) in [7, 11) is 0. The molecule has 0 atom stereocenters. The molecule has 0 fully saturated rings. The summed E-state index contributed by atoms with van der Waals surface area (Å²) in [5.41, 5.74) is 6.63. The van der Waals surface area contributed by atoms with Crippen molar-refractivity contribution in [2.45, 2.75) is 0 Å². The molecule has 0 aliphatic rings. The third-order valence-corrected chi connectivity index (χ3v) is 3.00. The van der Waals surface area contributed by atoms with E-state index in [0.717, 1.165) is 0 Å². The highest BCUT2D eigenvalue weighted by Crippen LogP contribution is 2.25. The molecule has 0 saturated carbocycles. The van der Waals surface area contributed by atoms with E-state index in [-0.39, 0.29) is 12.5 Å². The van der Waals surface area contributed by atoms with Crippen LogP contribution in [0.3, 0.4) is 0 Å². The fourth-order valence-electron chi connectivity index (χ4n) is 1.53. The topological polar surface area (TPSA) is 64.3 Å². The number of benzene rings is 2. The molecule has 0 spiro atoms. The van der Waals surface area contributed by atoms with Crippen molar-refractivity contribution in [3.63, 3.8) is 0 Å². The van der Waals surface area contributed by atoms with E-state index in [9.17, 15) is 4.79 Å². The molecule has 4 nitrogen and oxygen atoms in total. The van der Waals surface area contributed by atoms with Gasteiger partial charge in [0.2, 0.25) is 0 Å². The van der Waals surface area contributed by atoms with Gasteiger partial charge in [0.1, 0.15) is 5.75 Å². The molecule has 0 unspecified atom stereocenters. The predicted octanol–water partition coefficient (Wildman–Crippen LogP) is 3.59. The Morgan fingerprint density at radius 3 is 2.75 bits per heavy atom. The van der Waals surface area contributed by atoms with Crippen LogP contribution in [0, 0.1) is 0 Å². The first-order chi connectivity index (χ1) is 9.54. The summed E-state index contributed by atoms with van der Waals surface area (Å²) < 4.78 is 5.32. The number of anilines is 2. The predicted molar refractivity (Wildman–Crippen MR) is 81.4 cm³/mol. The highest BCUT2D eigenvalue weighted by atomic mass is 35.5. The van der Waals surface area contributed by atoms with E-state index >= 15 is 0 Å². The van der Waals surface area contributed by atoms with E-state index in [4.69, 9.17) is 33.7 Å². The minimum absolute atomic E-state index is 0.147. The van der Waals surface area contributed by atoms with Crippen LogP contribution in [0.25, 0.3) is 0 Å². The zero-order chi connectivity index (χ0) is 14.5. The smallest absolute Gasteiger partial charge is 0.262 e. The molecule has 2 aromatic rings. The van der Waals surface area contributed by atoms with Crippen LogP contribution in [0.2, 0.25) is 10.0 Å². The van der Waals surface area contributed by atoms with E-state index in [1.807, 2.05) is 0 Å². The average Bonchev–Trinajstić information content (AvgIpc) is 2.41. The summed E-state index contributed by atoms with van der Waals surface area (Å²) >= 11 is 11.8. The van der Waals surface area contributed by atoms with Crippen molar-refractivity contribution in [2.75, 3.05) is 17.7 Å². The monoisotopic (exact) mass is 310 g/mol. The molecule has 2 aromatic carbocycles. The Bertz CT molecular complexity index is 632. The van der Waals surface area contributed by atoms with Crippen LogP contribution < -0.4 is 15.8 Å². The molecule has 104 valence electrons. The third-order valence-electron chi connectivity index (χ3n) is 2.43.